The summed E-state index contributed by atoms with van der Waals surface area (Å²) < 4.78 is 40.0. The van der Waals surface area contributed by atoms with E-state index in [0.29, 0.717) is 18.5 Å². The van der Waals surface area contributed by atoms with Crippen molar-refractivity contribution in [2.75, 3.05) is 23.7 Å². The van der Waals surface area contributed by atoms with E-state index in [1.54, 1.807) is 25.8 Å². The van der Waals surface area contributed by atoms with Gasteiger partial charge in [-0.05, 0) is 101 Å². The summed E-state index contributed by atoms with van der Waals surface area (Å²) in [5.74, 6) is 1.53. The molecule has 8 nitrogen and oxygen atoms in total. The third kappa shape index (κ3) is 6.64. The number of halogens is 3. The highest BCUT2D eigenvalue weighted by Crippen LogP contribution is 2.39. The minimum Gasteiger partial charge on any atom is -0.323 e. The Hall–Kier alpha value is -2.60. The van der Waals surface area contributed by atoms with E-state index in [-0.39, 0.29) is 30.1 Å². The Morgan fingerprint density at radius 1 is 1.07 bits per heavy atom. The first-order valence-corrected chi connectivity index (χ1v) is 15.8. The van der Waals surface area contributed by atoms with Crippen molar-refractivity contribution in [3.63, 3.8) is 0 Å². The van der Waals surface area contributed by atoms with Crippen LogP contribution in [-0.4, -0.2) is 64.1 Å². The molecule has 2 N–H and O–H groups in total. The number of anilines is 1. The van der Waals surface area contributed by atoms with Crippen molar-refractivity contribution in [1.82, 2.24) is 14.9 Å². The number of hydrogen-bond acceptors (Lipinski definition) is 6. The van der Waals surface area contributed by atoms with Gasteiger partial charge < -0.3 is 10.6 Å². The van der Waals surface area contributed by atoms with Crippen LogP contribution in [0.15, 0.2) is 23.2 Å². The SMILES string of the molecule is Cc1cc(N2C(=O)NC(C)(C)C2=O)ccc1CCSN1CCC2(CC1)N=C(C1CCC(CCC(F)(F)F)CC1)NC2=O. The summed E-state index contributed by atoms with van der Waals surface area (Å²) in [6.07, 6.45) is 0.546. The maximum absolute atomic E-state index is 13.0. The average Bonchev–Trinajstić information content (AvgIpc) is 3.35. The predicted molar refractivity (Wildman–Crippen MR) is 157 cm³/mol. The maximum Gasteiger partial charge on any atom is 0.389 e. The lowest BCUT2D eigenvalue weighted by Gasteiger charge is -2.34. The standard InChI is InChI=1S/C30H40F3N5O3S/c1-19-18-23(38-26(40)28(2,3)36-27(38)41)9-8-21(19)11-17-42-37-15-13-29(14-16-37)25(39)34-24(35-29)22-6-4-20(5-7-22)10-12-30(31,32)33/h8-9,18,20,22H,4-7,10-17H2,1-3H3,(H,36,41)(H,34,35,39). The van der Waals surface area contributed by atoms with Crippen molar-refractivity contribution >= 4 is 41.3 Å². The van der Waals surface area contributed by atoms with E-state index in [0.717, 1.165) is 67.9 Å². The summed E-state index contributed by atoms with van der Waals surface area (Å²) >= 11 is 1.75. The molecule has 0 radical (unpaired) electrons. The molecule has 2 saturated heterocycles. The molecule has 0 aromatic heterocycles. The number of benzene rings is 1. The molecule has 1 spiro atoms. The second kappa shape index (κ2) is 11.8. The number of rotatable bonds is 8. The zero-order valence-electron chi connectivity index (χ0n) is 24.5. The second-order valence-electron chi connectivity index (χ2n) is 12.7. The largest absolute Gasteiger partial charge is 0.389 e. The van der Waals surface area contributed by atoms with Crippen molar-refractivity contribution in [1.29, 1.82) is 0 Å². The Morgan fingerprint density at radius 3 is 2.36 bits per heavy atom. The molecular weight excluding hydrogens is 567 g/mol. The zero-order chi connectivity index (χ0) is 30.3. The van der Waals surface area contributed by atoms with E-state index in [4.69, 9.17) is 4.99 Å². The van der Waals surface area contributed by atoms with Gasteiger partial charge in [-0.3, -0.25) is 18.9 Å². The molecule has 42 heavy (non-hydrogen) atoms. The molecule has 1 aromatic carbocycles. The van der Waals surface area contributed by atoms with E-state index < -0.39 is 29.7 Å². The molecule has 1 aromatic rings. The van der Waals surface area contributed by atoms with Gasteiger partial charge in [0.25, 0.3) is 11.8 Å². The fourth-order valence-corrected chi connectivity index (χ4v) is 7.53. The van der Waals surface area contributed by atoms with Crippen LogP contribution in [0.25, 0.3) is 0 Å². The van der Waals surface area contributed by atoms with Gasteiger partial charge >= 0.3 is 12.2 Å². The number of piperidine rings is 1. The van der Waals surface area contributed by atoms with Crippen LogP contribution in [0.2, 0.25) is 0 Å². The average molecular weight is 608 g/mol. The van der Waals surface area contributed by atoms with Gasteiger partial charge in [-0.2, -0.15) is 13.2 Å². The summed E-state index contributed by atoms with van der Waals surface area (Å²) in [5.41, 5.74) is 1.11. The van der Waals surface area contributed by atoms with Crippen LogP contribution < -0.4 is 15.5 Å². The minimum atomic E-state index is -4.10. The third-order valence-electron chi connectivity index (χ3n) is 9.21. The van der Waals surface area contributed by atoms with Gasteiger partial charge in [-0.1, -0.05) is 18.0 Å². The van der Waals surface area contributed by atoms with Gasteiger partial charge in [0, 0.05) is 31.2 Å². The number of imide groups is 1. The molecule has 1 saturated carbocycles. The van der Waals surface area contributed by atoms with E-state index in [1.807, 2.05) is 25.1 Å². The Balaban J connectivity index is 1.08. The van der Waals surface area contributed by atoms with Gasteiger partial charge in [-0.15, -0.1) is 0 Å². The van der Waals surface area contributed by atoms with E-state index in [1.165, 1.54) is 4.90 Å². The maximum atomic E-state index is 13.0. The first kappa shape index (κ1) is 30.8. The Bertz CT molecular complexity index is 1250. The number of amidine groups is 1. The number of nitrogens with one attached hydrogen (secondary N) is 2. The summed E-state index contributed by atoms with van der Waals surface area (Å²) in [5, 5.41) is 5.74. The first-order valence-electron chi connectivity index (χ1n) is 14.9. The molecule has 3 fully saturated rings. The highest BCUT2D eigenvalue weighted by atomic mass is 32.2. The van der Waals surface area contributed by atoms with Crippen molar-refractivity contribution in [2.24, 2.45) is 16.8 Å². The number of hydrogen-bond donors (Lipinski definition) is 2. The van der Waals surface area contributed by atoms with Crippen molar-refractivity contribution < 1.29 is 27.6 Å². The molecule has 1 aliphatic carbocycles. The predicted octanol–water partition coefficient (Wildman–Crippen LogP) is 5.53. The Morgan fingerprint density at radius 2 is 1.76 bits per heavy atom. The smallest absolute Gasteiger partial charge is 0.323 e. The number of aryl methyl sites for hydroxylation is 2. The van der Waals surface area contributed by atoms with Crippen LogP contribution in [-0.2, 0) is 16.0 Å². The van der Waals surface area contributed by atoms with Gasteiger partial charge in [0.05, 0.1) is 5.69 Å². The van der Waals surface area contributed by atoms with E-state index in [9.17, 15) is 27.6 Å². The summed E-state index contributed by atoms with van der Waals surface area (Å²) in [6, 6.07) is 5.27. The minimum absolute atomic E-state index is 0.0365. The van der Waals surface area contributed by atoms with Crippen LogP contribution in [0.1, 0.15) is 76.3 Å². The summed E-state index contributed by atoms with van der Waals surface area (Å²) in [7, 11) is 0. The molecule has 5 rings (SSSR count). The van der Waals surface area contributed by atoms with Crippen LogP contribution >= 0.6 is 11.9 Å². The number of alkyl halides is 3. The molecule has 0 unspecified atom stereocenters. The van der Waals surface area contributed by atoms with Crippen LogP contribution in [0.5, 0.6) is 0 Å². The quantitative estimate of drug-likeness (QED) is 0.299. The van der Waals surface area contributed by atoms with Crippen molar-refractivity contribution in [3.8, 4) is 0 Å². The number of nitrogens with zero attached hydrogens (tertiary/aromatic N) is 3. The van der Waals surface area contributed by atoms with Crippen molar-refractivity contribution in [2.45, 2.75) is 95.8 Å². The molecule has 4 amide bonds. The lowest BCUT2D eigenvalue weighted by atomic mass is 9.79. The first-order chi connectivity index (χ1) is 19.8. The molecule has 3 aliphatic heterocycles. The lowest BCUT2D eigenvalue weighted by Crippen LogP contribution is -2.47. The highest BCUT2D eigenvalue weighted by Gasteiger charge is 2.47. The van der Waals surface area contributed by atoms with Gasteiger partial charge in [0.1, 0.15) is 16.9 Å². The molecular formula is C30H40F3N5O3S. The number of urea groups is 1. The molecule has 230 valence electrons. The Labute approximate surface area is 249 Å². The second-order valence-corrected chi connectivity index (χ2v) is 13.9. The van der Waals surface area contributed by atoms with Crippen LogP contribution in [0.3, 0.4) is 0 Å². The van der Waals surface area contributed by atoms with Crippen LogP contribution in [0.4, 0.5) is 23.7 Å². The number of aliphatic imine (C=N–C) groups is 1. The van der Waals surface area contributed by atoms with Gasteiger partial charge in [-0.25, -0.2) is 9.69 Å². The number of carbonyl (C=O) groups is 3. The number of amides is 4. The van der Waals surface area contributed by atoms with Crippen LogP contribution in [0, 0.1) is 18.8 Å². The molecule has 12 heteroatoms. The van der Waals surface area contributed by atoms with E-state index >= 15 is 0 Å². The third-order valence-corrected chi connectivity index (χ3v) is 10.3. The Kier molecular flexibility index (Phi) is 8.68. The highest BCUT2D eigenvalue weighted by molar-refractivity contribution is 7.97. The fraction of sp³-hybridized carbons (Fsp3) is 0.667. The van der Waals surface area contributed by atoms with Crippen molar-refractivity contribution in [3.05, 3.63) is 29.3 Å². The number of carbonyl (C=O) groups excluding carboxylic acids is 3. The summed E-state index contributed by atoms with van der Waals surface area (Å²) in [6.45, 7) is 6.87. The molecule has 0 atom stereocenters. The fourth-order valence-electron chi connectivity index (χ4n) is 6.52. The van der Waals surface area contributed by atoms with E-state index in [2.05, 4.69) is 14.9 Å². The topological polar surface area (TPSA) is 94.1 Å². The summed E-state index contributed by atoms with van der Waals surface area (Å²) in [4.78, 5) is 44.1. The normalized spacial score (nSPS) is 26.0. The molecule has 3 heterocycles. The zero-order valence-corrected chi connectivity index (χ0v) is 25.3. The molecule has 0 bridgehead atoms. The molecule has 4 aliphatic rings. The lowest BCUT2D eigenvalue weighted by molar-refractivity contribution is -0.138. The monoisotopic (exact) mass is 607 g/mol. The van der Waals surface area contributed by atoms with Gasteiger partial charge in [0.2, 0.25) is 0 Å². The van der Waals surface area contributed by atoms with Gasteiger partial charge in [0.15, 0.2) is 0 Å².